The van der Waals surface area contributed by atoms with E-state index >= 15 is 0 Å². The molecule has 2 aromatic rings. The Morgan fingerprint density at radius 2 is 1.77 bits per heavy atom. The zero-order valence-electron chi connectivity index (χ0n) is 11.5. The molecule has 0 aliphatic carbocycles. The summed E-state index contributed by atoms with van der Waals surface area (Å²) in [7, 11) is 0. The second-order valence-electron chi connectivity index (χ2n) is 4.53. The average Bonchev–Trinajstić information content (AvgIpc) is 2.69. The number of anilines is 1. The van der Waals surface area contributed by atoms with Crippen molar-refractivity contribution < 1.29 is 22.4 Å². The molecule has 0 fully saturated rings. The fraction of sp³-hybridized carbons (Fsp3) is 0.231. The van der Waals surface area contributed by atoms with Crippen molar-refractivity contribution in [1.82, 2.24) is 9.78 Å². The Balaban J connectivity index is 2.25. The van der Waals surface area contributed by atoms with Crippen molar-refractivity contribution in [3.05, 3.63) is 45.7 Å². The first-order chi connectivity index (χ1) is 10.2. The minimum absolute atomic E-state index is 0.0567. The Morgan fingerprint density at radius 1 is 1.23 bits per heavy atom. The van der Waals surface area contributed by atoms with Crippen LogP contribution in [0.1, 0.15) is 11.4 Å². The summed E-state index contributed by atoms with van der Waals surface area (Å²) >= 11 is 5.90. The maximum atomic E-state index is 13.4. The monoisotopic (exact) mass is 335 g/mol. The molecule has 118 valence electrons. The molecule has 0 radical (unpaired) electrons. The predicted molar refractivity (Wildman–Crippen MR) is 71.6 cm³/mol. The van der Waals surface area contributed by atoms with E-state index in [1.54, 1.807) is 19.2 Å². The molecule has 1 aromatic carbocycles. The molecule has 0 aliphatic rings. The van der Waals surface area contributed by atoms with Crippen LogP contribution in [0.15, 0.2) is 6.07 Å². The first kappa shape index (κ1) is 16.3. The summed E-state index contributed by atoms with van der Waals surface area (Å²) in [5, 5.41) is 6.10. The first-order valence-electron chi connectivity index (χ1n) is 6.04. The normalized spacial score (nSPS) is 10.9. The molecule has 0 saturated carbocycles. The predicted octanol–water partition coefficient (Wildman–Crippen LogP) is 3.35. The summed E-state index contributed by atoms with van der Waals surface area (Å²) in [5.74, 6) is -7.49. The number of rotatable bonds is 3. The third-order valence-corrected chi connectivity index (χ3v) is 3.51. The maximum Gasteiger partial charge on any atom is 0.246 e. The van der Waals surface area contributed by atoms with Crippen molar-refractivity contribution in [2.75, 3.05) is 5.32 Å². The van der Waals surface area contributed by atoms with Gasteiger partial charge >= 0.3 is 0 Å². The molecule has 9 heteroatoms. The van der Waals surface area contributed by atoms with Gasteiger partial charge in [0.15, 0.2) is 23.3 Å². The number of aryl methyl sites for hydroxylation is 1. The lowest BCUT2D eigenvalue weighted by Crippen LogP contribution is -2.22. The minimum atomic E-state index is -1.68. The topological polar surface area (TPSA) is 46.9 Å². The van der Waals surface area contributed by atoms with Crippen molar-refractivity contribution in [3.8, 4) is 0 Å². The van der Waals surface area contributed by atoms with Crippen molar-refractivity contribution >= 4 is 23.2 Å². The second-order valence-corrected chi connectivity index (χ2v) is 4.91. The third-order valence-electron chi connectivity index (χ3n) is 2.96. The van der Waals surface area contributed by atoms with Gasteiger partial charge in [-0.25, -0.2) is 17.6 Å². The zero-order valence-corrected chi connectivity index (χ0v) is 12.2. The lowest BCUT2D eigenvalue weighted by atomic mass is 10.2. The number of carbonyl (C=O) groups excluding carboxylic acids is 1. The summed E-state index contributed by atoms with van der Waals surface area (Å²) in [5.41, 5.74) is -0.239. The van der Waals surface area contributed by atoms with E-state index in [4.69, 9.17) is 11.6 Å². The number of benzene rings is 1. The van der Waals surface area contributed by atoms with Crippen LogP contribution in [-0.4, -0.2) is 15.7 Å². The van der Waals surface area contributed by atoms with Crippen LogP contribution in [-0.2, 0) is 11.3 Å². The molecule has 0 spiro atoms. The number of aromatic nitrogens is 2. The Labute approximate surface area is 127 Å². The van der Waals surface area contributed by atoms with Crippen molar-refractivity contribution in [2.45, 2.75) is 20.4 Å². The maximum absolute atomic E-state index is 13.4. The first-order valence-corrected chi connectivity index (χ1v) is 6.42. The molecule has 1 aromatic heterocycles. The zero-order chi connectivity index (χ0) is 16.6. The molecule has 4 nitrogen and oxygen atoms in total. The van der Waals surface area contributed by atoms with Crippen LogP contribution in [0, 0.1) is 37.1 Å². The molecular formula is C13H10ClF4N3O. The molecule has 22 heavy (non-hydrogen) atoms. The smallest absolute Gasteiger partial charge is 0.246 e. The van der Waals surface area contributed by atoms with Crippen LogP contribution >= 0.6 is 11.6 Å². The van der Waals surface area contributed by atoms with Gasteiger partial charge in [-0.2, -0.15) is 5.10 Å². The van der Waals surface area contributed by atoms with Gasteiger partial charge in [-0.3, -0.25) is 9.48 Å². The highest BCUT2D eigenvalue weighted by Crippen LogP contribution is 2.24. The highest BCUT2D eigenvalue weighted by Gasteiger charge is 2.21. The van der Waals surface area contributed by atoms with Crippen LogP contribution in [0.4, 0.5) is 23.2 Å². The van der Waals surface area contributed by atoms with Crippen molar-refractivity contribution in [2.24, 2.45) is 0 Å². The van der Waals surface area contributed by atoms with Crippen molar-refractivity contribution in [1.29, 1.82) is 0 Å². The largest absolute Gasteiger partial charge is 0.319 e. The summed E-state index contributed by atoms with van der Waals surface area (Å²) in [6, 6.07) is 0.0567. The van der Waals surface area contributed by atoms with Gasteiger partial charge < -0.3 is 5.32 Å². The number of nitrogens with zero attached hydrogens (tertiary/aromatic N) is 2. The average molecular weight is 336 g/mol. The van der Waals surface area contributed by atoms with E-state index in [-0.39, 0.29) is 6.07 Å². The van der Waals surface area contributed by atoms with E-state index in [0.717, 1.165) is 0 Å². The van der Waals surface area contributed by atoms with Crippen LogP contribution < -0.4 is 5.32 Å². The Morgan fingerprint density at radius 3 is 2.23 bits per heavy atom. The van der Waals surface area contributed by atoms with Gasteiger partial charge in [-0.15, -0.1) is 0 Å². The van der Waals surface area contributed by atoms with E-state index in [9.17, 15) is 22.4 Å². The van der Waals surface area contributed by atoms with Crippen molar-refractivity contribution in [3.63, 3.8) is 0 Å². The highest BCUT2D eigenvalue weighted by molar-refractivity contribution is 6.31. The van der Waals surface area contributed by atoms with Crippen LogP contribution in [0.3, 0.4) is 0 Å². The van der Waals surface area contributed by atoms with Crippen LogP contribution in [0.5, 0.6) is 0 Å². The molecule has 0 unspecified atom stereocenters. The Hall–Kier alpha value is -2.09. The lowest BCUT2D eigenvalue weighted by Gasteiger charge is -2.09. The fourth-order valence-electron chi connectivity index (χ4n) is 1.83. The summed E-state index contributed by atoms with van der Waals surface area (Å²) < 4.78 is 54.2. The number of carbonyl (C=O) groups is 1. The van der Waals surface area contributed by atoms with Crippen LogP contribution in [0.2, 0.25) is 5.02 Å². The van der Waals surface area contributed by atoms with E-state index in [2.05, 4.69) is 5.10 Å². The van der Waals surface area contributed by atoms with Gasteiger partial charge in [-0.1, -0.05) is 11.6 Å². The molecule has 0 atom stereocenters. The molecule has 0 bridgehead atoms. The quantitative estimate of drug-likeness (QED) is 0.690. The number of amides is 1. The van der Waals surface area contributed by atoms with E-state index in [1.807, 2.05) is 0 Å². The van der Waals surface area contributed by atoms with Gasteiger partial charge in [0, 0.05) is 6.07 Å². The number of hydrogen-bond acceptors (Lipinski definition) is 2. The lowest BCUT2D eigenvalue weighted by molar-refractivity contribution is -0.117. The molecule has 2 rings (SSSR count). The highest BCUT2D eigenvalue weighted by atomic mass is 35.5. The molecule has 1 N–H and O–H groups in total. The Kier molecular flexibility index (Phi) is 4.41. The Bertz CT molecular complexity index is 734. The van der Waals surface area contributed by atoms with E-state index < -0.39 is 41.4 Å². The SMILES string of the molecule is Cc1nn(CC(=O)Nc2c(F)c(F)cc(F)c2F)c(C)c1Cl. The molecule has 0 saturated heterocycles. The summed E-state index contributed by atoms with van der Waals surface area (Å²) in [6.45, 7) is 2.79. The number of nitrogens with one attached hydrogen (secondary N) is 1. The molecule has 0 aliphatic heterocycles. The molecule has 1 heterocycles. The fourth-order valence-corrected chi connectivity index (χ4v) is 1.96. The van der Waals surface area contributed by atoms with E-state index in [0.29, 0.717) is 16.4 Å². The number of hydrogen-bond donors (Lipinski definition) is 1. The molecular weight excluding hydrogens is 326 g/mol. The van der Waals surface area contributed by atoms with Gasteiger partial charge in [0.25, 0.3) is 0 Å². The number of halogens is 5. The van der Waals surface area contributed by atoms with Gasteiger partial charge in [-0.05, 0) is 13.8 Å². The van der Waals surface area contributed by atoms with E-state index in [1.165, 1.54) is 4.68 Å². The van der Waals surface area contributed by atoms with Gasteiger partial charge in [0.1, 0.15) is 12.2 Å². The van der Waals surface area contributed by atoms with Gasteiger partial charge in [0.05, 0.1) is 16.4 Å². The second kappa shape index (κ2) is 5.96. The standard InChI is InChI=1S/C13H10ClF4N3O/c1-5-10(14)6(2)21(20-5)4-9(22)19-13-11(17)7(15)3-8(16)12(13)18/h3H,4H2,1-2H3,(H,19,22). The summed E-state index contributed by atoms with van der Waals surface area (Å²) in [4.78, 5) is 11.8. The molecule has 1 amide bonds. The summed E-state index contributed by atoms with van der Waals surface area (Å²) in [6.07, 6.45) is 0. The minimum Gasteiger partial charge on any atom is -0.319 e. The van der Waals surface area contributed by atoms with Gasteiger partial charge in [0.2, 0.25) is 5.91 Å². The third kappa shape index (κ3) is 2.92. The van der Waals surface area contributed by atoms with Crippen LogP contribution in [0.25, 0.3) is 0 Å².